The number of rotatable bonds is 2. The summed E-state index contributed by atoms with van der Waals surface area (Å²) in [5.74, 6) is -1.12. The average molecular weight is 533 g/mol. The van der Waals surface area contributed by atoms with Gasteiger partial charge in [-0.25, -0.2) is 9.97 Å². The maximum atomic E-state index is 12.8. The molecule has 0 saturated heterocycles. The molecule has 0 N–H and O–H groups in total. The number of aryl methyl sites for hydroxylation is 2. The van der Waals surface area contributed by atoms with Gasteiger partial charge in [0.05, 0.1) is 31.6 Å². The molecule has 182 valence electrons. The number of carbonyl (C=O) groups excluding carboxylic acids is 4. The van der Waals surface area contributed by atoms with Crippen LogP contribution in [0.3, 0.4) is 0 Å². The molecule has 2 aromatic heterocycles. The van der Waals surface area contributed by atoms with Gasteiger partial charge in [-0.3, -0.25) is 19.2 Å². The van der Waals surface area contributed by atoms with E-state index in [1.807, 2.05) is 13.8 Å². The third-order valence-corrected chi connectivity index (χ3v) is 9.27. The predicted octanol–water partition coefficient (Wildman–Crippen LogP) is 6.45. The van der Waals surface area contributed by atoms with Crippen LogP contribution in [0.2, 0.25) is 0 Å². The van der Waals surface area contributed by atoms with Crippen molar-refractivity contribution in [2.75, 3.05) is 0 Å². The molecule has 0 saturated carbocycles. The number of fused-ring (bicyclic) bond motifs is 4. The molecule has 0 bridgehead atoms. The van der Waals surface area contributed by atoms with Crippen molar-refractivity contribution in [3.05, 3.63) is 103 Å². The third-order valence-electron chi connectivity index (χ3n) is 7.03. The van der Waals surface area contributed by atoms with E-state index in [0.717, 1.165) is 31.6 Å². The first kappa shape index (κ1) is 22.8. The van der Waals surface area contributed by atoms with Gasteiger partial charge in [-0.2, -0.15) is 0 Å². The Balaban J connectivity index is 1.31. The second-order valence-corrected chi connectivity index (χ2v) is 11.3. The predicted molar refractivity (Wildman–Crippen MR) is 148 cm³/mol. The number of hydrogen-bond acceptors (Lipinski definition) is 8. The summed E-state index contributed by atoms with van der Waals surface area (Å²) in [6.07, 6.45) is 3.17. The molecule has 7 rings (SSSR count). The van der Waals surface area contributed by atoms with Crippen LogP contribution in [0.1, 0.15) is 62.6 Å². The molecule has 2 aliphatic rings. The van der Waals surface area contributed by atoms with Gasteiger partial charge in [0.2, 0.25) is 0 Å². The van der Waals surface area contributed by atoms with E-state index in [0.29, 0.717) is 32.3 Å². The number of aromatic nitrogens is 2. The molecule has 0 atom stereocenters. The van der Waals surface area contributed by atoms with Gasteiger partial charge in [0.15, 0.2) is 23.1 Å². The summed E-state index contributed by atoms with van der Waals surface area (Å²) in [5, 5.41) is 1.16. The molecule has 38 heavy (non-hydrogen) atoms. The van der Waals surface area contributed by atoms with E-state index in [-0.39, 0.29) is 34.3 Å². The van der Waals surface area contributed by atoms with Crippen LogP contribution in [-0.4, -0.2) is 33.1 Å². The molecule has 5 aromatic rings. The fourth-order valence-electron chi connectivity index (χ4n) is 5.08. The fraction of sp³-hybridized carbons (Fsp3) is 0.0667. The molecule has 2 aliphatic carbocycles. The maximum absolute atomic E-state index is 12.8. The van der Waals surface area contributed by atoms with Crippen molar-refractivity contribution in [2.24, 2.45) is 0 Å². The van der Waals surface area contributed by atoms with Gasteiger partial charge in [0.1, 0.15) is 10.0 Å². The highest BCUT2D eigenvalue weighted by Crippen LogP contribution is 2.40. The smallest absolute Gasteiger partial charge is 0.197 e. The van der Waals surface area contributed by atoms with E-state index in [2.05, 4.69) is 0 Å². The minimum atomic E-state index is -0.281. The number of Topliss-reactive ketones (excluding diaryl/α,β-unsaturated/α-hetero) is 4. The van der Waals surface area contributed by atoms with Crippen molar-refractivity contribution < 1.29 is 19.2 Å². The molecule has 0 amide bonds. The second-order valence-electron chi connectivity index (χ2n) is 9.23. The molecule has 0 spiro atoms. The highest BCUT2D eigenvalue weighted by molar-refractivity contribution is 7.21. The number of benzene rings is 3. The fourth-order valence-corrected chi connectivity index (χ4v) is 7.22. The van der Waals surface area contributed by atoms with Gasteiger partial charge in [-0.05, 0) is 37.1 Å². The zero-order valence-corrected chi connectivity index (χ0v) is 21.8. The summed E-state index contributed by atoms with van der Waals surface area (Å²) < 4.78 is 1.84. The standard InChI is InChI=1S/C30H16N2O4S2/c1-13-23-30(38-21(31-23)11-19-25(33)15-7-3-4-8-16(15)26(19)34)14(2)24-29(13)37-22(32-24)12-20-27(35)17-9-5-6-10-18(17)28(20)36/h3-12H,1-2H3. The van der Waals surface area contributed by atoms with Crippen molar-refractivity contribution in [3.63, 3.8) is 0 Å². The SMILES string of the molecule is Cc1c2nc(C=C3C(=O)c4ccccc4C3=O)sc2c(C)c2nc(C=C3C(=O)c4ccccc4C3=O)sc12. The quantitative estimate of drug-likeness (QED) is 0.192. The summed E-state index contributed by atoms with van der Waals surface area (Å²) >= 11 is 2.81. The molecule has 0 unspecified atom stereocenters. The van der Waals surface area contributed by atoms with Gasteiger partial charge in [-0.1, -0.05) is 48.5 Å². The first-order chi connectivity index (χ1) is 18.3. The van der Waals surface area contributed by atoms with Crippen molar-refractivity contribution in [1.29, 1.82) is 0 Å². The molecule has 0 radical (unpaired) electrons. The maximum Gasteiger partial charge on any atom is 0.197 e. The number of nitrogens with zero attached hydrogens (tertiary/aromatic N) is 2. The minimum absolute atomic E-state index is 0.126. The van der Waals surface area contributed by atoms with Gasteiger partial charge >= 0.3 is 0 Å². The van der Waals surface area contributed by atoms with Crippen LogP contribution < -0.4 is 0 Å². The molecule has 8 heteroatoms. The zero-order chi connectivity index (χ0) is 26.3. The molecule has 0 fully saturated rings. The van der Waals surface area contributed by atoms with E-state index >= 15 is 0 Å². The van der Waals surface area contributed by atoms with Gasteiger partial charge < -0.3 is 0 Å². The number of allylic oxidation sites excluding steroid dienone is 2. The largest absolute Gasteiger partial charge is 0.288 e. The number of hydrogen-bond donors (Lipinski definition) is 0. The molecule has 2 heterocycles. The lowest BCUT2D eigenvalue weighted by Gasteiger charge is -2.00. The van der Waals surface area contributed by atoms with E-state index in [4.69, 9.17) is 9.97 Å². The van der Waals surface area contributed by atoms with Crippen molar-refractivity contribution in [3.8, 4) is 0 Å². The summed E-state index contributed by atoms with van der Waals surface area (Å²) in [4.78, 5) is 60.9. The lowest BCUT2D eigenvalue weighted by Crippen LogP contribution is -2.00. The van der Waals surface area contributed by atoms with Gasteiger partial charge in [-0.15, -0.1) is 22.7 Å². The Morgan fingerprint density at radius 1 is 0.553 bits per heavy atom. The zero-order valence-electron chi connectivity index (χ0n) is 20.1. The Labute approximate surface area is 224 Å². The Morgan fingerprint density at radius 2 is 0.868 bits per heavy atom. The van der Waals surface area contributed by atoms with Gasteiger partial charge in [0.25, 0.3) is 0 Å². The summed E-state index contributed by atoms with van der Waals surface area (Å²) in [6.45, 7) is 3.92. The van der Waals surface area contributed by atoms with Crippen LogP contribution in [0.5, 0.6) is 0 Å². The molecular formula is C30H16N2O4S2. The Hall–Kier alpha value is -4.40. The van der Waals surface area contributed by atoms with Crippen molar-refractivity contribution in [2.45, 2.75) is 13.8 Å². The Bertz CT molecular complexity index is 1750. The lowest BCUT2D eigenvalue weighted by atomic mass is 10.1. The van der Waals surface area contributed by atoms with Crippen LogP contribution in [0, 0.1) is 13.8 Å². The summed E-state index contributed by atoms with van der Waals surface area (Å²) in [7, 11) is 0. The first-order valence-corrected chi connectivity index (χ1v) is 13.5. The van der Waals surface area contributed by atoms with E-state index in [9.17, 15) is 19.2 Å². The third kappa shape index (κ3) is 3.11. The highest BCUT2D eigenvalue weighted by Gasteiger charge is 2.34. The summed E-state index contributed by atoms with van der Waals surface area (Å²) in [5.41, 5.74) is 5.35. The Kier molecular flexibility index (Phi) is 4.82. The van der Waals surface area contributed by atoms with Gasteiger partial charge in [0, 0.05) is 22.3 Å². The molecule has 0 aliphatic heterocycles. The van der Waals surface area contributed by atoms with E-state index < -0.39 is 0 Å². The van der Waals surface area contributed by atoms with Crippen LogP contribution in [-0.2, 0) is 0 Å². The molecular weight excluding hydrogens is 516 g/mol. The molecule has 3 aromatic carbocycles. The van der Waals surface area contributed by atoms with Crippen LogP contribution in [0.15, 0.2) is 59.7 Å². The van der Waals surface area contributed by atoms with Crippen LogP contribution in [0.25, 0.3) is 32.6 Å². The summed E-state index contributed by atoms with van der Waals surface area (Å²) in [6, 6.07) is 13.7. The normalized spacial score (nSPS) is 14.7. The minimum Gasteiger partial charge on any atom is -0.288 e. The monoisotopic (exact) mass is 532 g/mol. The van der Waals surface area contributed by atoms with E-state index in [1.54, 1.807) is 60.7 Å². The first-order valence-electron chi connectivity index (χ1n) is 11.8. The topological polar surface area (TPSA) is 94.1 Å². The number of thiazole rings is 2. The van der Waals surface area contributed by atoms with E-state index in [1.165, 1.54) is 22.7 Å². The van der Waals surface area contributed by atoms with Crippen molar-refractivity contribution in [1.82, 2.24) is 9.97 Å². The average Bonchev–Trinajstić information content (AvgIpc) is 3.67. The highest BCUT2D eigenvalue weighted by atomic mass is 32.1. The molecule has 6 nitrogen and oxygen atoms in total. The second kappa shape index (κ2) is 8.05. The van der Waals surface area contributed by atoms with Crippen molar-refractivity contribution >= 4 is 78.4 Å². The number of carbonyl (C=O) groups is 4. The lowest BCUT2D eigenvalue weighted by molar-refractivity contribution is 0.0975. The number of ketones is 4. The Morgan fingerprint density at radius 3 is 1.18 bits per heavy atom. The van der Waals surface area contributed by atoms with Crippen LogP contribution >= 0.6 is 22.7 Å². The van der Waals surface area contributed by atoms with Crippen LogP contribution in [0.4, 0.5) is 0 Å².